The van der Waals surface area contributed by atoms with Crippen molar-refractivity contribution in [2.75, 3.05) is 13.6 Å². The van der Waals surface area contributed by atoms with Gasteiger partial charge in [-0.2, -0.15) is 0 Å². The van der Waals surface area contributed by atoms with Gasteiger partial charge in [0, 0.05) is 18.1 Å². The molecule has 1 N–H and O–H groups in total. The average Bonchev–Trinajstić information content (AvgIpc) is 2.48. The summed E-state index contributed by atoms with van der Waals surface area (Å²) in [5.74, 6) is 0. The van der Waals surface area contributed by atoms with E-state index in [2.05, 4.69) is 21.2 Å². The van der Waals surface area contributed by atoms with Crippen LogP contribution in [0, 0.1) is 0 Å². The number of amides is 2. The van der Waals surface area contributed by atoms with Gasteiger partial charge in [0.05, 0.1) is 6.04 Å². The molecule has 0 aromatic heterocycles. The highest BCUT2D eigenvalue weighted by Crippen LogP contribution is 2.20. The van der Waals surface area contributed by atoms with Crippen LogP contribution in [0.15, 0.2) is 28.7 Å². The molecule has 1 unspecified atom stereocenters. The molecule has 0 spiro atoms. The Bertz CT molecular complexity index is 350. The van der Waals surface area contributed by atoms with Gasteiger partial charge in [0.1, 0.15) is 0 Å². The van der Waals surface area contributed by atoms with Crippen molar-refractivity contribution < 1.29 is 4.79 Å². The number of halogens is 1. The lowest BCUT2D eigenvalue weighted by molar-refractivity contribution is 0.226. The minimum Gasteiger partial charge on any atom is -0.329 e. The molecule has 1 aliphatic heterocycles. The molecule has 1 saturated heterocycles. The third-order valence-corrected chi connectivity index (χ3v) is 2.90. The first-order valence-corrected chi connectivity index (χ1v) is 5.23. The van der Waals surface area contributed by atoms with Gasteiger partial charge in [0.15, 0.2) is 0 Å². The first-order chi connectivity index (χ1) is 6.66. The Morgan fingerprint density at radius 3 is 2.57 bits per heavy atom. The Hall–Kier alpha value is -1.03. The smallest absolute Gasteiger partial charge is 0.317 e. The van der Waals surface area contributed by atoms with E-state index in [0.717, 1.165) is 16.6 Å². The number of hydrogen-bond acceptors (Lipinski definition) is 1. The number of urea groups is 1. The van der Waals surface area contributed by atoms with Crippen LogP contribution in [0.1, 0.15) is 11.6 Å². The monoisotopic (exact) mass is 254 g/mol. The number of benzene rings is 1. The van der Waals surface area contributed by atoms with Crippen molar-refractivity contribution in [1.29, 1.82) is 0 Å². The van der Waals surface area contributed by atoms with Crippen LogP contribution < -0.4 is 5.32 Å². The van der Waals surface area contributed by atoms with Crippen molar-refractivity contribution >= 4 is 22.0 Å². The average molecular weight is 255 g/mol. The number of carbonyl (C=O) groups is 1. The fourth-order valence-corrected chi connectivity index (χ4v) is 1.81. The molecule has 1 aromatic rings. The summed E-state index contributed by atoms with van der Waals surface area (Å²) >= 11 is 3.38. The van der Waals surface area contributed by atoms with Crippen molar-refractivity contribution in [2.45, 2.75) is 6.04 Å². The van der Waals surface area contributed by atoms with Crippen LogP contribution in [0.4, 0.5) is 4.79 Å². The van der Waals surface area contributed by atoms with Crippen LogP contribution in [0.2, 0.25) is 0 Å². The largest absolute Gasteiger partial charge is 0.329 e. The quantitative estimate of drug-likeness (QED) is 0.819. The van der Waals surface area contributed by atoms with Gasteiger partial charge in [-0.05, 0) is 17.7 Å². The number of carbonyl (C=O) groups excluding carboxylic acids is 1. The van der Waals surface area contributed by atoms with E-state index in [1.165, 1.54) is 0 Å². The molecule has 74 valence electrons. The molecule has 3 nitrogen and oxygen atoms in total. The van der Waals surface area contributed by atoms with Crippen LogP contribution in [-0.4, -0.2) is 24.5 Å². The molecular formula is C10H11BrN2O. The summed E-state index contributed by atoms with van der Waals surface area (Å²) in [4.78, 5) is 12.9. The van der Waals surface area contributed by atoms with Gasteiger partial charge >= 0.3 is 6.03 Å². The van der Waals surface area contributed by atoms with Crippen molar-refractivity contribution in [3.05, 3.63) is 34.3 Å². The first kappa shape index (κ1) is 9.52. The van der Waals surface area contributed by atoms with Crippen molar-refractivity contribution in [2.24, 2.45) is 0 Å². The first-order valence-electron chi connectivity index (χ1n) is 4.44. The SMILES string of the molecule is CN1CC(c2ccc(Br)cc2)NC1=O. The van der Waals surface area contributed by atoms with Crippen LogP contribution in [0.5, 0.6) is 0 Å². The third kappa shape index (κ3) is 1.75. The molecule has 0 saturated carbocycles. The summed E-state index contributed by atoms with van der Waals surface area (Å²) in [6, 6.07) is 8.14. The summed E-state index contributed by atoms with van der Waals surface area (Å²) in [5, 5.41) is 2.91. The zero-order valence-corrected chi connectivity index (χ0v) is 9.41. The number of nitrogens with one attached hydrogen (secondary N) is 1. The second-order valence-electron chi connectivity index (χ2n) is 3.43. The van der Waals surface area contributed by atoms with E-state index in [1.54, 1.807) is 11.9 Å². The van der Waals surface area contributed by atoms with E-state index in [1.807, 2.05) is 24.3 Å². The van der Waals surface area contributed by atoms with Gasteiger partial charge in [-0.3, -0.25) is 0 Å². The topological polar surface area (TPSA) is 32.3 Å². The van der Waals surface area contributed by atoms with E-state index in [-0.39, 0.29) is 12.1 Å². The van der Waals surface area contributed by atoms with Crippen LogP contribution in [0.3, 0.4) is 0 Å². The highest BCUT2D eigenvalue weighted by molar-refractivity contribution is 9.10. The molecule has 1 atom stereocenters. The molecule has 0 bridgehead atoms. The summed E-state index contributed by atoms with van der Waals surface area (Å²) in [6.07, 6.45) is 0. The summed E-state index contributed by atoms with van der Waals surface area (Å²) in [7, 11) is 1.80. The highest BCUT2D eigenvalue weighted by atomic mass is 79.9. The van der Waals surface area contributed by atoms with E-state index in [9.17, 15) is 4.79 Å². The fraction of sp³-hybridized carbons (Fsp3) is 0.300. The molecule has 1 fully saturated rings. The van der Waals surface area contributed by atoms with Gasteiger partial charge in [0.25, 0.3) is 0 Å². The lowest BCUT2D eigenvalue weighted by Crippen LogP contribution is -2.23. The van der Waals surface area contributed by atoms with Crippen LogP contribution in [0.25, 0.3) is 0 Å². The van der Waals surface area contributed by atoms with Gasteiger partial charge in [-0.15, -0.1) is 0 Å². The number of likely N-dealkylation sites (N-methyl/N-ethyl adjacent to an activating group) is 1. The molecule has 0 aliphatic carbocycles. The van der Waals surface area contributed by atoms with Gasteiger partial charge in [-0.25, -0.2) is 4.79 Å². The van der Waals surface area contributed by atoms with Gasteiger partial charge < -0.3 is 10.2 Å². The minimum atomic E-state index is -0.00193. The Balaban J connectivity index is 2.17. The maximum Gasteiger partial charge on any atom is 0.317 e. The fourth-order valence-electron chi connectivity index (χ4n) is 1.55. The molecule has 1 aromatic carbocycles. The van der Waals surface area contributed by atoms with Crippen LogP contribution >= 0.6 is 15.9 Å². The zero-order chi connectivity index (χ0) is 10.1. The van der Waals surface area contributed by atoms with Crippen molar-refractivity contribution in [1.82, 2.24) is 10.2 Å². The predicted octanol–water partition coefficient (Wildman–Crippen LogP) is 2.15. The molecule has 14 heavy (non-hydrogen) atoms. The number of nitrogens with zero attached hydrogens (tertiary/aromatic N) is 1. The molecular weight excluding hydrogens is 244 g/mol. The molecule has 1 heterocycles. The van der Waals surface area contributed by atoms with Crippen molar-refractivity contribution in [3.8, 4) is 0 Å². The standard InChI is InChI=1S/C10H11BrN2O/c1-13-6-9(12-10(13)14)7-2-4-8(11)5-3-7/h2-5,9H,6H2,1H3,(H,12,14). The lowest BCUT2D eigenvalue weighted by Gasteiger charge is -2.09. The zero-order valence-electron chi connectivity index (χ0n) is 7.83. The third-order valence-electron chi connectivity index (χ3n) is 2.37. The van der Waals surface area contributed by atoms with E-state index in [4.69, 9.17) is 0 Å². The maximum atomic E-state index is 11.2. The summed E-state index contributed by atoms with van der Waals surface area (Å²) in [5.41, 5.74) is 1.14. The molecule has 1 aliphatic rings. The molecule has 4 heteroatoms. The summed E-state index contributed by atoms with van der Waals surface area (Å²) < 4.78 is 1.05. The Morgan fingerprint density at radius 2 is 2.07 bits per heavy atom. The minimum absolute atomic E-state index is 0.00193. The second kappa shape index (κ2) is 3.61. The normalized spacial score (nSPS) is 21.1. The highest BCUT2D eigenvalue weighted by Gasteiger charge is 2.26. The lowest BCUT2D eigenvalue weighted by atomic mass is 10.1. The second-order valence-corrected chi connectivity index (χ2v) is 4.35. The molecule has 0 radical (unpaired) electrons. The number of rotatable bonds is 1. The maximum absolute atomic E-state index is 11.2. The van der Waals surface area contributed by atoms with Crippen molar-refractivity contribution in [3.63, 3.8) is 0 Å². The van der Waals surface area contributed by atoms with E-state index >= 15 is 0 Å². The number of hydrogen-bond donors (Lipinski definition) is 1. The van der Waals surface area contributed by atoms with Gasteiger partial charge in [0.2, 0.25) is 0 Å². The molecule has 2 rings (SSSR count). The molecule has 2 amide bonds. The summed E-state index contributed by atoms with van der Waals surface area (Å²) in [6.45, 7) is 0.737. The Kier molecular flexibility index (Phi) is 2.46. The van der Waals surface area contributed by atoms with Crippen LogP contribution in [-0.2, 0) is 0 Å². The van der Waals surface area contributed by atoms with Gasteiger partial charge in [-0.1, -0.05) is 28.1 Å². The van der Waals surface area contributed by atoms with E-state index in [0.29, 0.717) is 0 Å². The predicted molar refractivity (Wildman–Crippen MR) is 58.0 cm³/mol. The van der Waals surface area contributed by atoms with E-state index < -0.39 is 0 Å². The Morgan fingerprint density at radius 1 is 1.43 bits per heavy atom. The Labute approximate surface area is 91.2 Å².